The summed E-state index contributed by atoms with van der Waals surface area (Å²) in [5.41, 5.74) is 0.776. The molecule has 0 amide bonds. The zero-order chi connectivity index (χ0) is 8.27. The molecule has 1 rings (SSSR count). The largest absolute Gasteiger partial charge is 0.331 e. The zero-order valence-corrected chi connectivity index (χ0v) is 7.33. The summed E-state index contributed by atoms with van der Waals surface area (Å²) < 4.78 is 15.9. The fourth-order valence-corrected chi connectivity index (χ4v) is 1.63. The van der Waals surface area contributed by atoms with Crippen LogP contribution in [0, 0.1) is 6.92 Å². The Morgan fingerprint density at radius 1 is 1.45 bits per heavy atom. The lowest BCUT2D eigenvalue weighted by Gasteiger charge is -2.01. The SMILES string of the molecule is [CH2]c1ccccc1[PH](=O)OC. The fraction of sp³-hybridized carbons (Fsp3) is 0.125. The quantitative estimate of drug-likeness (QED) is 0.629. The molecule has 0 heterocycles. The van der Waals surface area contributed by atoms with Gasteiger partial charge in [-0.1, -0.05) is 18.2 Å². The minimum Gasteiger partial charge on any atom is -0.331 e. The third-order valence-electron chi connectivity index (χ3n) is 1.42. The van der Waals surface area contributed by atoms with Gasteiger partial charge in [0.1, 0.15) is 0 Å². The van der Waals surface area contributed by atoms with Gasteiger partial charge >= 0.3 is 0 Å². The van der Waals surface area contributed by atoms with Crippen molar-refractivity contribution in [2.45, 2.75) is 0 Å². The van der Waals surface area contributed by atoms with Crippen LogP contribution in [0.1, 0.15) is 5.56 Å². The average molecular weight is 169 g/mol. The van der Waals surface area contributed by atoms with Crippen LogP contribution in [0.5, 0.6) is 0 Å². The molecule has 1 unspecified atom stereocenters. The molecule has 2 nitrogen and oxygen atoms in total. The summed E-state index contributed by atoms with van der Waals surface area (Å²) in [5, 5.41) is 0.708. The van der Waals surface area contributed by atoms with Gasteiger partial charge in [0, 0.05) is 12.4 Å². The molecule has 0 bridgehead atoms. The minimum absolute atomic E-state index is 0.708. The van der Waals surface area contributed by atoms with Crippen LogP contribution in [-0.4, -0.2) is 7.11 Å². The molecular formula is C8H10O2P. The molecule has 3 heteroatoms. The van der Waals surface area contributed by atoms with Gasteiger partial charge in [0.2, 0.25) is 8.03 Å². The summed E-state index contributed by atoms with van der Waals surface area (Å²) in [7, 11) is -0.611. The first kappa shape index (κ1) is 8.51. The molecule has 0 fully saturated rings. The maximum Gasteiger partial charge on any atom is 0.220 e. The lowest BCUT2D eigenvalue weighted by atomic mass is 10.2. The molecule has 0 N–H and O–H groups in total. The van der Waals surface area contributed by atoms with Gasteiger partial charge in [-0.05, 0) is 18.6 Å². The highest BCUT2D eigenvalue weighted by Crippen LogP contribution is 2.20. The summed E-state index contributed by atoms with van der Waals surface area (Å²) in [6.45, 7) is 3.74. The summed E-state index contributed by atoms with van der Waals surface area (Å²) in [4.78, 5) is 0. The van der Waals surface area contributed by atoms with Gasteiger partial charge in [-0.25, -0.2) is 0 Å². The van der Waals surface area contributed by atoms with Gasteiger partial charge in [0.25, 0.3) is 0 Å². The monoisotopic (exact) mass is 169 g/mol. The van der Waals surface area contributed by atoms with Crippen LogP contribution in [0.3, 0.4) is 0 Å². The Morgan fingerprint density at radius 2 is 2.09 bits per heavy atom. The first-order valence-electron chi connectivity index (χ1n) is 3.25. The van der Waals surface area contributed by atoms with E-state index in [1.165, 1.54) is 7.11 Å². The van der Waals surface area contributed by atoms with E-state index >= 15 is 0 Å². The molecule has 11 heavy (non-hydrogen) atoms. The van der Waals surface area contributed by atoms with Crippen LogP contribution < -0.4 is 5.30 Å². The molecular weight excluding hydrogens is 159 g/mol. The standard InChI is InChI=1S/C8H10O2P/c1-7-5-3-4-6-8(7)11(9)10-2/h3-6,11H,1H2,2H3. The van der Waals surface area contributed by atoms with Crippen LogP contribution in [-0.2, 0) is 9.09 Å². The summed E-state index contributed by atoms with van der Waals surface area (Å²) in [5.74, 6) is 0. The van der Waals surface area contributed by atoms with Gasteiger partial charge in [-0.15, -0.1) is 0 Å². The van der Waals surface area contributed by atoms with Crippen molar-refractivity contribution in [2.75, 3.05) is 7.11 Å². The highest BCUT2D eigenvalue weighted by molar-refractivity contribution is 7.48. The summed E-state index contributed by atoms with van der Waals surface area (Å²) in [6.07, 6.45) is 0. The highest BCUT2D eigenvalue weighted by atomic mass is 31.1. The molecule has 1 atom stereocenters. The van der Waals surface area contributed by atoms with Crippen molar-refractivity contribution >= 4 is 13.3 Å². The molecule has 1 aromatic carbocycles. The van der Waals surface area contributed by atoms with Crippen LogP contribution in [0.25, 0.3) is 0 Å². The maximum absolute atomic E-state index is 11.2. The molecule has 0 saturated heterocycles. The smallest absolute Gasteiger partial charge is 0.220 e. The van der Waals surface area contributed by atoms with Crippen molar-refractivity contribution in [3.05, 3.63) is 36.8 Å². The highest BCUT2D eigenvalue weighted by Gasteiger charge is 2.02. The van der Waals surface area contributed by atoms with Crippen molar-refractivity contribution < 1.29 is 9.09 Å². The van der Waals surface area contributed by atoms with Crippen molar-refractivity contribution in [1.82, 2.24) is 0 Å². The van der Waals surface area contributed by atoms with E-state index in [4.69, 9.17) is 4.52 Å². The van der Waals surface area contributed by atoms with Gasteiger partial charge in [-0.3, -0.25) is 4.57 Å². The van der Waals surface area contributed by atoms with Crippen LogP contribution in [0.4, 0.5) is 0 Å². The van der Waals surface area contributed by atoms with Crippen molar-refractivity contribution in [1.29, 1.82) is 0 Å². The number of benzene rings is 1. The Balaban J connectivity index is 3.03. The molecule has 59 valence electrons. The molecule has 0 spiro atoms. The van der Waals surface area contributed by atoms with Crippen LogP contribution >= 0.6 is 8.03 Å². The Labute approximate surface area is 67.1 Å². The van der Waals surface area contributed by atoms with Gasteiger partial charge < -0.3 is 4.52 Å². The predicted molar refractivity (Wildman–Crippen MR) is 46.5 cm³/mol. The van der Waals surface area contributed by atoms with E-state index in [-0.39, 0.29) is 0 Å². The Hall–Kier alpha value is -0.590. The average Bonchev–Trinajstić information content (AvgIpc) is 2.04. The maximum atomic E-state index is 11.2. The predicted octanol–water partition coefficient (Wildman–Crippen LogP) is 1.62. The van der Waals surface area contributed by atoms with E-state index in [9.17, 15) is 4.57 Å². The molecule has 0 aliphatic heterocycles. The number of hydrogen-bond acceptors (Lipinski definition) is 2. The van der Waals surface area contributed by atoms with E-state index in [1.54, 1.807) is 6.07 Å². The van der Waals surface area contributed by atoms with Crippen molar-refractivity contribution in [3.63, 3.8) is 0 Å². The second-order valence-electron chi connectivity index (χ2n) is 2.15. The van der Waals surface area contributed by atoms with E-state index < -0.39 is 8.03 Å². The molecule has 0 aromatic heterocycles. The molecule has 0 saturated carbocycles. The Morgan fingerprint density at radius 3 is 2.64 bits per heavy atom. The molecule has 1 radical (unpaired) electrons. The third-order valence-corrected chi connectivity index (χ3v) is 2.72. The molecule has 0 aliphatic carbocycles. The normalized spacial score (nSPS) is 12.9. The first-order valence-corrected chi connectivity index (χ1v) is 4.56. The fourth-order valence-electron chi connectivity index (χ4n) is 0.829. The van der Waals surface area contributed by atoms with Crippen LogP contribution in [0.15, 0.2) is 24.3 Å². The lowest BCUT2D eigenvalue weighted by Crippen LogP contribution is -2.00. The topological polar surface area (TPSA) is 26.3 Å². The number of rotatable bonds is 2. The van der Waals surface area contributed by atoms with E-state index in [0.717, 1.165) is 5.56 Å². The summed E-state index contributed by atoms with van der Waals surface area (Å²) >= 11 is 0. The molecule has 0 aliphatic rings. The van der Waals surface area contributed by atoms with Gasteiger partial charge in [0.15, 0.2) is 0 Å². The minimum atomic E-state index is -2.05. The van der Waals surface area contributed by atoms with E-state index in [2.05, 4.69) is 6.92 Å². The molecule has 1 aromatic rings. The van der Waals surface area contributed by atoms with Gasteiger partial charge in [0.05, 0.1) is 0 Å². The lowest BCUT2D eigenvalue weighted by molar-refractivity contribution is 0.423. The van der Waals surface area contributed by atoms with Crippen molar-refractivity contribution in [2.24, 2.45) is 0 Å². The second-order valence-corrected chi connectivity index (χ2v) is 3.67. The van der Waals surface area contributed by atoms with Crippen molar-refractivity contribution in [3.8, 4) is 0 Å². The van der Waals surface area contributed by atoms with Crippen LogP contribution in [0.2, 0.25) is 0 Å². The van der Waals surface area contributed by atoms with E-state index in [0.29, 0.717) is 5.30 Å². The Kier molecular flexibility index (Phi) is 2.86. The second kappa shape index (κ2) is 3.70. The Bertz CT molecular complexity index is 271. The number of hydrogen-bond donors (Lipinski definition) is 0. The third kappa shape index (κ3) is 1.92. The van der Waals surface area contributed by atoms with E-state index in [1.807, 2.05) is 18.2 Å². The first-order chi connectivity index (χ1) is 5.25. The zero-order valence-electron chi connectivity index (χ0n) is 6.33. The van der Waals surface area contributed by atoms with Gasteiger partial charge in [-0.2, -0.15) is 0 Å². The summed E-state index contributed by atoms with van der Waals surface area (Å²) in [6, 6.07) is 7.27.